The molecule has 1 fully saturated rings. The summed E-state index contributed by atoms with van der Waals surface area (Å²) in [6.45, 7) is 5.66. The Balaban J connectivity index is 1.65. The monoisotopic (exact) mass is 299 g/mol. The number of carbonyl (C=O) groups is 1. The molecular formula is C16H21N5O. The van der Waals surface area contributed by atoms with Crippen molar-refractivity contribution in [2.75, 3.05) is 19.6 Å². The summed E-state index contributed by atoms with van der Waals surface area (Å²) < 4.78 is 0. The fourth-order valence-electron chi connectivity index (χ4n) is 2.99. The van der Waals surface area contributed by atoms with Crippen molar-refractivity contribution in [1.29, 1.82) is 0 Å². The van der Waals surface area contributed by atoms with Gasteiger partial charge in [-0.3, -0.25) is 9.69 Å². The lowest BCUT2D eigenvalue weighted by molar-refractivity contribution is 0.0685. The smallest absolute Gasteiger partial charge is 0.276 e. The Kier molecular flexibility index (Phi) is 4.48. The average molecular weight is 299 g/mol. The van der Waals surface area contributed by atoms with Crippen LogP contribution < -0.4 is 0 Å². The molecule has 1 unspecified atom stereocenters. The van der Waals surface area contributed by atoms with Gasteiger partial charge in [-0.1, -0.05) is 30.3 Å². The second-order valence-corrected chi connectivity index (χ2v) is 5.78. The van der Waals surface area contributed by atoms with Crippen molar-refractivity contribution >= 4 is 5.91 Å². The van der Waals surface area contributed by atoms with Gasteiger partial charge in [0.2, 0.25) is 0 Å². The molecule has 1 amide bonds. The Morgan fingerprint density at radius 2 is 2.14 bits per heavy atom. The van der Waals surface area contributed by atoms with Gasteiger partial charge in [-0.15, -0.1) is 0 Å². The largest absolute Gasteiger partial charge is 0.333 e. The molecule has 1 aliphatic heterocycles. The van der Waals surface area contributed by atoms with Gasteiger partial charge in [0.15, 0.2) is 5.69 Å². The lowest BCUT2D eigenvalue weighted by Gasteiger charge is -2.28. The van der Waals surface area contributed by atoms with E-state index in [1.807, 2.05) is 11.0 Å². The number of H-pyrrole nitrogens is 1. The summed E-state index contributed by atoms with van der Waals surface area (Å²) in [6.07, 6.45) is 2.46. The zero-order valence-electron chi connectivity index (χ0n) is 12.8. The highest BCUT2D eigenvalue weighted by atomic mass is 16.2. The maximum absolute atomic E-state index is 12.5. The Morgan fingerprint density at radius 1 is 1.32 bits per heavy atom. The first-order valence-corrected chi connectivity index (χ1v) is 7.67. The third-order valence-corrected chi connectivity index (χ3v) is 4.07. The van der Waals surface area contributed by atoms with E-state index in [2.05, 4.69) is 51.5 Å². The second kappa shape index (κ2) is 6.70. The van der Waals surface area contributed by atoms with E-state index in [1.165, 1.54) is 11.8 Å². The van der Waals surface area contributed by atoms with Gasteiger partial charge >= 0.3 is 0 Å². The van der Waals surface area contributed by atoms with E-state index in [4.69, 9.17) is 0 Å². The van der Waals surface area contributed by atoms with E-state index in [0.717, 1.165) is 32.6 Å². The predicted octanol–water partition coefficient (Wildman–Crippen LogP) is 1.54. The van der Waals surface area contributed by atoms with Crippen LogP contribution in [0.4, 0.5) is 0 Å². The summed E-state index contributed by atoms with van der Waals surface area (Å²) in [7, 11) is 0. The van der Waals surface area contributed by atoms with E-state index in [1.54, 1.807) is 0 Å². The van der Waals surface area contributed by atoms with Gasteiger partial charge in [0.1, 0.15) is 0 Å². The van der Waals surface area contributed by atoms with Crippen LogP contribution in [-0.4, -0.2) is 56.8 Å². The Bertz CT molecular complexity index is 598. The van der Waals surface area contributed by atoms with Crippen LogP contribution in [0.3, 0.4) is 0 Å². The number of aromatic nitrogens is 3. The number of hydrogen-bond acceptors (Lipinski definition) is 4. The summed E-state index contributed by atoms with van der Waals surface area (Å²) in [4.78, 5) is 16.8. The van der Waals surface area contributed by atoms with Gasteiger partial charge in [0, 0.05) is 32.2 Å². The summed E-state index contributed by atoms with van der Waals surface area (Å²) in [6, 6.07) is 10.6. The number of benzene rings is 1. The van der Waals surface area contributed by atoms with Crippen molar-refractivity contribution in [2.24, 2.45) is 0 Å². The topological polar surface area (TPSA) is 65.1 Å². The highest BCUT2D eigenvalue weighted by molar-refractivity contribution is 5.92. The molecule has 1 atom stereocenters. The molecule has 1 aromatic heterocycles. The van der Waals surface area contributed by atoms with Gasteiger partial charge in [-0.05, 0) is 18.9 Å². The number of nitrogens with one attached hydrogen (secondary N) is 1. The highest BCUT2D eigenvalue weighted by Gasteiger charge is 2.27. The molecule has 1 N–H and O–H groups in total. The molecule has 2 heterocycles. The molecule has 0 spiro atoms. The third kappa shape index (κ3) is 3.33. The third-order valence-electron chi connectivity index (χ3n) is 4.07. The van der Waals surface area contributed by atoms with E-state index in [0.29, 0.717) is 5.69 Å². The molecule has 116 valence electrons. The van der Waals surface area contributed by atoms with Gasteiger partial charge in [0.25, 0.3) is 5.91 Å². The van der Waals surface area contributed by atoms with Gasteiger partial charge in [-0.2, -0.15) is 15.4 Å². The van der Waals surface area contributed by atoms with Crippen molar-refractivity contribution in [1.82, 2.24) is 25.2 Å². The van der Waals surface area contributed by atoms with Crippen LogP contribution in [0.2, 0.25) is 0 Å². The molecular weight excluding hydrogens is 278 g/mol. The molecule has 1 saturated heterocycles. The van der Waals surface area contributed by atoms with Crippen molar-refractivity contribution < 1.29 is 4.79 Å². The van der Waals surface area contributed by atoms with Gasteiger partial charge < -0.3 is 4.90 Å². The number of amides is 1. The molecule has 0 saturated carbocycles. The highest BCUT2D eigenvalue weighted by Crippen LogP contribution is 2.15. The van der Waals surface area contributed by atoms with Crippen molar-refractivity contribution in [3.8, 4) is 0 Å². The van der Waals surface area contributed by atoms with E-state index in [-0.39, 0.29) is 11.9 Å². The van der Waals surface area contributed by atoms with Crippen LogP contribution in [0.25, 0.3) is 0 Å². The fraction of sp³-hybridized carbons (Fsp3) is 0.438. The summed E-state index contributed by atoms with van der Waals surface area (Å²) in [5.74, 6) is -0.0391. The van der Waals surface area contributed by atoms with Crippen LogP contribution >= 0.6 is 0 Å². The summed E-state index contributed by atoms with van der Waals surface area (Å²) in [5.41, 5.74) is 1.70. The Hall–Kier alpha value is -2.21. The number of rotatable bonds is 3. The predicted molar refractivity (Wildman–Crippen MR) is 83.2 cm³/mol. The first-order chi connectivity index (χ1) is 10.7. The first-order valence-electron chi connectivity index (χ1n) is 7.67. The molecule has 0 aliphatic carbocycles. The van der Waals surface area contributed by atoms with Crippen molar-refractivity contribution in [3.63, 3.8) is 0 Å². The minimum Gasteiger partial charge on any atom is -0.333 e. The maximum Gasteiger partial charge on any atom is 0.276 e. The average Bonchev–Trinajstić information content (AvgIpc) is 3.00. The molecule has 22 heavy (non-hydrogen) atoms. The molecule has 6 nitrogen and oxygen atoms in total. The van der Waals surface area contributed by atoms with E-state index < -0.39 is 0 Å². The van der Waals surface area contributed by atoms with Crippen LogP contribution in [0.15, 0.2) is 36.5 Å². The van der Waals surface area contributed by atoms with E-state index in [9.17, 15) is 4.79 Å². The zero-order chi connectivity index (χ0) is 15.4. The Labute approximate surface area is 130 Å². The second-order valence-electron chi connectivity index (χ2n) is 5.78. The number of hydrogen-bond donors (Lipinski definition) is 1. The normalized spacial score (nSPS) is 19.9. The SMILES string of the molecule is CC1CN(Cc2ccccc2)CCCN1C(=O)c1cn[nH]n1. The minimum absolute atomic E-state index is 0.0391. The van der Waals surface area contributed by atoms with Crippen molar-refractivity contribution in [3.05, 3.63) is 47.8 Å². The van der Waals surface area contributed by atoms with Gasteiger partial charge in [0.05, 0.1) is 6.20 Å². The standard InChI is InChI=1S/C16H21N5O/c1-13-11-20(12-14-6-3-2-4-7-14)8-5-9-21(13)16(22)15-10-17-19-18-15/h2-4,6-7,10,13H,5,8-9,11-12H2,1H3,(H,17,18,19). The number of aromatic amines is 1. The van der Waals surface area contributed by atoms with E-state index >= 15 is 0 Å². The summed E-state index contributed by atoms with van der Waals surface area (Å²) >= 11 is 0. The number of carbonyl (C=O) groups excluding carboxylic acids is 1. The van der Waals surface area contributed by atoms with Crippen molar-refractivity contribution in [2.45, 2.75) is 25.9 Å². The lowest BCUT2D eigenvalue weighted by atomic mass is 10.2. The van der Waals surface area contributed by atoms with Crippen LogP contribution in [-0.2, 0) is 6.54 Å². The Morgan fingerprint density at radius 3 is 2.86 bits per heavy atom. The molecule has 1 aromatic carbocycles. The first kappa shape index (κ1) is 14.7. The lowest BCUT2D eigenvalue weighted by Crippen LogP contribution is -2.42. The summed E-state index contributed by atoms with van der Waals surface area (Å²) in [5, 5.41) is 10.1. The van der Waals surface area contributed by atoms with Crippen LogP contribution in [0, 0.1) is 0 Å². The molecule has 3 rings (SSSR count). The van der Waals surface area contributed by atoms with Gasteiger partial charge in [-0.25, -0.2) is 0 Å². The quantitative estimate of drug-likeness (QED) is 0.933. The van der Waals surface area contributed by atoms with Crippen LogP contribution in [0.1, 0.15) is 29.4 Å². The molecule has 2 aromatic rings. The van der Waals surface area contributed by atoms with Crippen LogP contribution in [0.5, 0.6) is 0 Å². The molecule has 6 heteroatoms. The molecule has 0 bridgehead atoms. The molecule has 0 radical (unpaired) electrons. The zero-order valence-corrected chi connectivity index (χ0v) is 12.8. The number of nitrogens with zero attached hydrogens (tertiary/aromatic N) is 4. The molecule has 1 aliphatic rings. The minimum atomic E-state index is -0.0391. The maximum atomic E-state index is 12.5. The fourth-order valence-corrected chi connectivity index (χ4v) is 2.99.